The molecule has 1 atom stereocenters. The maximum absolute atomic E-state index is 13.2. The Morgan fingerprint density at radius 3 is 2.83 bits per heavy atom. The first-order chi connectivity index (χ1) is 11.4. The van der Waals surface area contributed by atoms with Gasteiger partial charge in [0.25, 0.3) is 0 Å². The molecular formula is C17H19FN2O3S. The lowest BCUT2D eigenvalue weighted by molar-refractivity contribution is 0.206. The maximum atomic E-state index is 13.2. The fourth-order valence-electron chi connectivity index (χ4n) is 2.73. The molecule has 128 valence electrons. The van der Waals surface area contributed by atoms with E-state index in [0.717, 1.165) is 5.69 Å². The van der Waals surface area contributed by atoms with Crippen LogP contribution in [0.15, 0.2) is 42.5 Å². The largest absolute Gasteiger partial charge is 0.473 e. The molecular weight excluding hydrogens is 331 g/mol. The highest BCUT2D eigenvalue weighted by atomic mass is 32.2. The lowest BCUT2D eigenvalue weighted by Gasteiger charge is -2.17. The standard InChI is InChI=1S/C17H19FN2O3S/c1-13-4-2-7-17(19-13)23-16-8-9-20(11-16)24(21,22)12-14-5-3-6-15(18)10-14/h2-7,10,16H,8-9,11-12H2,1H3. The van der Waals surface area contributed by atoms with Gasteiger partial charge in [0.15, 0.2) is 0 Å². The van der Waals surface area contributed by atoms with Crippen molar-refractivity contribution in [1.29, 1.82) is 0 Å². The molecule has 0 bridgehead atoms. The van der Waals surface area contributed by atoms with Crippen LogP contribution in [0.2, 0.25) is 0 Å². The highest BCUT2D eigenvalue weighted by Gasteiger charge is 2.32. The van der Waals surface area contributed by atoms with Gasteiger partial charge in [-0.2, -0.15) is 4.31 Å². The molecule has 3 rings (SSSR count). The number of benzene rings is 1. The van der Waals surface area contributed by atoms with Crippen molar-refractivity contribution in [2.45, 2.75) is 25.2 Å². The smallest absolute Gasteiger partial charge is 0.218 e. The van der Waals surface area contributed by atoms with Gasteiger partial charge in [-0.25, -0.2) is 17.8 Å². The molecule has 1 aliphatic rings. The van der Waals surface area contributed by atoms with Crippen molar-refractivity contribution in [3.63, 3.8) is 0 Å². The molecule has 0 N–H and O–H groups in total. The predicted octanol–water partition coefficient (Wildman–Crippen LogP) is 2.51. The first kappa shape index (κ1) is 16.9. The van der Waals surface area contributed by atoms with Crippen LogP contribution in [-0.4, -0.2) is 36.9 Å². The molecule has 2 heterocycles. The molecule has 0 saturated carbocycles. The molecule has 0 aliphatic carbocycles. The molecule has 1 aromatic heterocycles. The third-order valence-electron chi connectivity index (χ3n) is 3.89. The Kier molecular flexibility index (Phi) is 4.82. The summed E-state index contributed by atoms with van der Waals surface area (Å²) in [5.41, 5.74) is 1.29. The minimum Gasteiger partial charge on any atom is -0.473 e. The van der Waals surface area contributed by atoms with Gasteiger partial charge < -0.3 is 4.74 Å². The Balaban J connectivity index is 1.64. The number of aromatic nitrogens is 1. The normalized spacial score (nSPS) is 18.7. The van der Waals surface area contributed by atoms with Crippen molar-refractivity contribution >= 4 is 10.0 Å². The number of sulfonamides is 1. The first-order valence-electron chi connectivity index (χ1n) is 7.75. The van der Waals surface area contributed by atoms with Crippen LogP contribution >= 0.6 is 0 Å². The summed E-state index contributed by atoms with van der Waals surface area (Å²) >= 11 is 0. The van der Waals surface area contributed by atoms with E-state index in [4.69, 9.17) is 4.74 Å². The topological polar surface area (TPSA) is 59.5 Å². The van der Waals surface area contributed by atoms with Crippen LogP contribution in [0.3, 0.4) is 0 Å². The quantitative estimate of drug-likeness (QED) is 0.831. The molecule has 24 heavy (non-hydrogen) atoms. The highest BCUT2D eigenvalue weighted by Crippen LogP contribution is 2.21. The third-order valence-corrected chi connectivity index (χ3v) is 5.71. The van der Waals surface area contributed by atoms with E-state index >= 15 is 0 Å². The molecule has 1 unspecified atom stereocenters. The predicted molar refractivity (Wildman–Crippen MR) is 88.6 cm³/mol. The van der Waals surface area contributed by atoms with Gasteiger partial charge in [0.1, 0.15) is 11.9 Å². The Morgan fingerprint density at radius 2 is 2.08 bits per heavy atom. The SMILES string of the molecule is Cc1cccc(OC2CCN(S(=O)(=O)Cc3cccc(F)c3)C2)n1. The van der Waals surface area contributed by atoms with Crippen LogP contribution in [-0.2, 0) is 15.8 Å². The Bertz CT molecular complexity index is 826. The van der Waals surface area contributed by atoms with Crippen LogP contribution < -0.4 is 4.74 Å². The Labute approximate surface area is 141 Å². The lowest BCUT2D eigenvalue weighted by Crippen LogP contribution is -2.32. The molecule has 2 aromatic rings. The summed E-state index contributed by atoms with van der Waals surface area (Å²) in [6, 6.07) is 11.2. The van der Waals surface area contributed by atoms with E-state index < -0.39 is 15.8 Å². The molecule has 1 saturated heterocycles. The molecule has 0 spiro atoms. The summed E-state index contributed by atoms with van der Waals surface area (Å²) in [4.78, 5) is 4.27. The minimum absolute atomic E-state index is 0.208. The van der Waals surface area contributed by atoms with Gasteiger partial charge in [-0.15, -0.1) is 0 Å². The number of nitrogens with zero attached hydrogens (tertiary/aromatic N) is 2. The van der Waals surface area contributed by atoms with Crippen molar-refractivity contribution in [3.05, 3.63) is 59.5 Å². The van der Waals surface area contributed by atoms with E-state index in [1.165, 1.54) is 22.5 Å². The number of rotatable bonds is 5. The van der Waals surface area contributed by atoms with E-state index in [1.807, 2.05) is 19.1 Å². The van der Waals surface area contributed by atoms with Crippen molar-refractivity contribution in [2.24, 2.45) is 0 Å². The summed E-state index contributed by atoms with van der Waals surface area (Å²) in [6.07, 6.45) is 0.388. The monoisotopic (exact) mass is 350 g/mol. The second kappa shape index (κ2) is 6.86. The third kappa shape index (κ3) is 4.10. The van der Waals surface area contributed by atoms with Crippen molar-refractivity contribution in [1.82, 2.24) is 9.29 Å². The van der Waals surface area contributed by atoms with E-state index in [0.29, 0.717) is 24.4 Å². The fraction of sp³-hybridized carbons (Fsp3) is 0.353. The first-order valence-corrected chi connectivity index (χ1v) is 9.36. The second-order valence-corrected chi connectivity index (χ2v) is 7.86. The maximum Gasteiger partial charge on any atom is 0.218 e. The van der Waals surface area contributed by atoms with Gasteiger partial charge in [0.2, 0.25) is 15.9 Å². The molecule has 1 aliphatic heterocycles. The van der Waals surface area contributed by atoms with Gasteiger partial charge in [0.05, 0.1) is 12.3 Å². The Morgan fingerprint density at radius 1 is 1.29 bits per heavy atom. The number of hydrogen-bond acceptors (Lipinski definition) is 4. The van der Waals surface area contributed by atoms with Crippen LogP contribution in [0.5, 0.6) is 5.88 Å². The zero-order chi connectivity index (χ0) is 17.2. The fourth-order valence-corrected chi connectivity index (χ4v) is 4.29. The minimum atomic E-state index is -3.50. The van der Waals surface area contributed by atoms with Crippen LogP contribution in [0, 0.1) is 12.7 Å². The highest BCUT2D eigenvalue weighted by molar-refractivity contribution is 7.88. The average molecular weight is 350 g/mol. The van der Waals surface area contributed by atoms with Crippen LogP contribution in [0.4, 0.5) is 4.39 Å². The van der Waals surface area contributed by atoms with E-state index in [2.05, 4.69) is 4.98 Å². The molecule has 0 radical (unpaired) electrons. The van der Waals surface area contributed by atoms with Crippen LogP contribution in [0.25, 0.3) is 0 Å². The van der Waals surface area contributed by atoms with Crippen molar-refractivity contribution < 1.29 is 17.5 Å². The molecule has 0 amide bonds. The number of pyridine rings is 1. The van der Waals surface area contributed by atoms with Crippen molar-refractivity contribution in [2.75, 3.05) is 13.1 Å². The van der Waals surface area contributed by atoms with E-state index in [-0.39, 0.29) is 18.4 Å². The van der Waals surface area contributed by atoms with E-state index in [9.17, 15) is 12.8 Å². The zero-order valence-electron chi connectivity index (χ0n) is 13.4. The van der Waals surface area contributed by atoms with Gasteiger partial charge in [0, 0.05) is 18.3 Å². The molecule has 1 fully saturated rings. The number of aryl methyl sites for hydroxylation is 1. The summed E-state index contributed by atoms with van der Waals surface area (Å²) in [5.74, 6) is -0.139. The van der Waals surface area contributed by atoms with Gasteiger partial charge in [-0.05, 0) is 37.1 Å². The van der Waals surface area contributed by atoms with Crippen LogP contribution in [0.1, 0.15) is 17.7 Å². The molecule has 7 heteroatoms. The van der Waals surface area contributed by atoms with Crippen molar-refractivity contribution in [3.8, 4) is 5.88 Å². The second-order valence-electron chi connectivity index (χ2n) is 5.89. The Hall–Kier alpha value is -1.99. The summed E-state index contributed by atoms with van der Waals surface area (Å²) in [6.45, 7) is 2.55. The average Bonchev–Trinajstić information content (AvgIpc) is 2.96. The number of hydrogen-bond donors (Lipinski definition) is 0. The van der Waals surface area contributed by atoms with Gasteiger partial charge >= 0.3 is 0 Å². The summed E-state index contributed by atoms with van der Waals surface area (Å²) in [7, 11) is -3.50. The van der Waals surface area contributed by atoms with Gasteiger partial charge in [-0.3, -0.25) is 0 Å². The molecule has 1 aromatic carbocycles. The summed E-state index contributed by atoms with van der Waals surface area (Å²) < 4.78 is 45.4. The number of ether oxygens (including phenoxy) is 1. The number of halogens is 1. The zero-order valence-corrected chi connectivity index (χ0v) is 14.2. The van der Waals surface area contributed by atoms with Gasteiger partial charge in [-0.1, -0.05) is 18.2 Å². The molecule has 5 nitrogen and oxygen atoms in total. The van der Waals surface area contributed by atoms with E-state index in [1.54, 1.807) is 12.1 Å². The lowest BCUT2D eigenvalue weighted by atomic mass is 10.2. The summed E-state index contributed by atoms with van der Waals surface area (Å²) in [5, 5.41) is 0.